The molecule has 0 spiro atoms. The first kappa shape index (κ1) is 15.2. The maximum Gasteiger partial charge on any atom is 0.357 e. The van der Waals surface area contributed by atoms with Gasteiger partial charge in [-0.25, -0.2) is 4.99 Å². The Labute approximate surface area is 133 Å². The summed E-state index contributed by atoms with van der Waals surface area (Å²) in [5.41, 5.74) is 9.26. The van der Waals surface area contributed by atoms with Crippen LogP contribution < -0.4 is 10.5 Å². The Balaban J connectivity index is 1.85. The molecule has 0 atom stereocenters. The number of hydrogen-bond acceptors (Lipinski definition) is 4. The molecule has 1 heterocycles. The largest absolute Gasteiger partial charge is 0.383 e. The summed E-state index contributed by atoms with van der Waals surface area (Å²) in [6, 6.07) is 12.3. The molecule has 1 aliphatic heterocycles. The van der Waals surface area contributed by atoms with Crippen molar-refractivity contribution in [1.82, 2.24) is 0 Å². The van der Waals surface area contributed by atoms with Gasteiger partial charge in [-0.15, -0.1) is 0 Å². The summed E-state index contributed by atoms with van der Waals surface area (Å²) in [6.07, 6.45) is 0.543. The Morgan fingerprint density at radius 2 is 1.87 bits per heavy atom. The lowest BCUT2D eigenvalue weighted by Gasteiger charge is -2.08. The molecule has 0 bridgehead atoms. The van der Waals surface area contributed by atoms with Crippen molar-refractivity contribution in [3.63, 3.8) is 0 Å². The Morgan fingerprint density at radius 1 is 1.13 bits per heavy atom. The number of fused-ring (bicyclic) bond motifs is 1. The maximum atomic E-state index is 10.9. The molecule has 0 fully saturated rings. The van der Waals surface area contributed by atoms with E-state index in [-0.39, 0.29) is 11.5 Å². The van der Waals surface area contributed by atoms with Crippen LogP contribution in [0.25, 0.3) is 0 Å². The first-order chi connectivity index (χ1) is 10.8. The molecular formula is C15H14N4O3S. The molecule has 1 aliphatic rings. The lowest BCUT2D eigenvalue weighted by Crippen LogP contribution is -2.10. The molecule has 0 amide bonds. The number of nitrogens with two attached hydrogens (primary N) is 1. The maximum absolute atomic E-state index is 10.9. The van der Waals surface area contributed by atoms with Crippen molar-refractivity contribution in [3.05, 3.63) is 64.7 Å². The molecule has 118 valence electrons. The van der Waals surface area contributed by atoms with Gasteiger partial charge in [-0.1, -0.05) is 24.3 Å². The highest BCUT2D eigenvalue weighted by molar-refractivity contribution is 7.87. The molecule has 3 rings (SSSR count). The number of nitrogens with zero attached hydrogens (tertiary/aromatic N) is 1. The van der Waals surface area contributed by atoms with Gasteiger partial charge < -0.3 is 5.73 Å². The molecule has 0 saturated heterocycles. The number of hydrogen-bond donors (Lipinski definition) is 4. The predicted molar refractivity (Wildman–Crippen MR) is 88.4 cm³/mol. The molecular weight excluding hydrogens is 316 g/mol. The van der Waals surface area contributed by atoms with Crippen LogP contribution in [-0.4, -0.2) is 24.6 Å². The Morgan fingerprint density at radius 3 is 2.61 bits per heavy atom. The third-order valence-electron chi connectivity index (χ3n) is 3.43. The molecule has 0 radical (unpaired) electrons. The second kappa shape index (κ2) is 5.49. The summed E-state index contributed by atoms with van der Waals surface area (Å²) in [7, 11) is -4.30. The molecule has 0 saturated carbocycles. The van der Waals surface area contributed by atoms with Crippen molar-refractivity contribution >= 4 is 27.7 Å². The van der Waals surface area contributed by atoms with Crippen LogP contribution in [-0.2, 0) is 16.7 Å². The van der Waals surface area contributed by atoms with E-state index in [1.165, 1.54) is 0 Å². The van der Waals surface area contributed by atoms with Crippen LogP contribution in [0.3, 0.4) is 0 Å². The zero-order chi connectivity index (χ0) is 16.6. The Hall–Kier alpha value is -2.71. The van der Waals surface area contributed by atoms with Crippen LogP contribution >= 0.6 is 0 Å². The molecule has 8 heteroatoms. The minimum atomic E-state index is -4.30. The number of rotatable bonds is 4. The van der Waals surface area contributed by atoms with Crippen LogP contribution in [0.1, 0.15) is 22.3 Å². The van der Waals surface area contributed by atoms with Gasteiger partial charge in [0.25, 0.3) is 0 Å². The fourth-order valence-corrected chi connectivity index (χ4v) is 2.92. The Bertz CT molecular complexity index is 935. The van der Waals surface area contributed by atoms with Gasteiger partial charge >= 0.3 is 10.3 Å². The number of benzene rings is 2. The smallest absolute Gasteiger partial charge is 0.357 e. The van der Waals surface area contributed by atoms with Crippen molar-refractivity contribution in [3.8, 4) is 0 Å². The first-order valence-corrected chi connectivity index (χ1v) is 8.16. The lowest BCUT2D eigenvalue weighted by molar-refractivity contribution is 0.489. The van der Waals surface area contributed by atoms with Crippen molar-refractivity contribution in [2.45, 2.75) is 6.42 Å². The van der Waals surface area contributed by atoms with E-state index in [1.807, 2.05) is 29.0 Å². The van der Waals surface area contributed by atoms with E-state index >= 15 is 0 Å². The molecule has 2 aromatic rings. The second-order valence-corrected chi connectivity index (χ2v) is 6.33. The molecule has 0 aromatic heterocycles. The van der Waals surface area contributed by atoms with Gasteiger partial charge in [0.2, 0.25) is 0 Å². The van der Waals surface area contributed by atoms with Crippen LogP contribution in [0.2, 0.25) is 0 Å². The second-order valence-electron chi connectivity index (χ2n) is 5.18. The quantitative estimate of drug-likeness (QED) is 0.634. The summed E-state index contributed by atoms with van der Waals surface area (Å²) in [4.78, 5) is 3.93. The normalized spacial score (nSPS) is 13.6. The fourth-order valence-electron chi connectivity index (χ4n) is 2.49. The minimum Gasteiger partial charge on any atom is -0.383 e. The standard InChI is InChI=1S/C15H14N4O3S/c16-14-12-5-4-10(8-13(12)15(17)18-14)6-9-2-1-3-11(7-9)19-23(20,21)22/h1-5,7-8,19H,6H2,(H3,16,17,18)(H,20,21,22). The topological polar surface area (TPSA) is 129 Å². The highest BCUT2D eigenvalue weighted by atomic mass is 32.2. The highest BCUT2D eigenvalue weighted by Gasteiger charge is 2.18. The zero-order valence-corrected chi connectivity index (χ0v) is 12.8. The van der Waals surface area contributed by atoms with Crippen molar-refractivity contribution in [2.24, 2.45) is 10.7 Å². The van der Waals surface area contributed by atoms with E-state index in [9.17, 15) is 8.42 Å². The molecule has 7 nitrogen and oxygen atoms in total. The molecule has 0 unspecified atom stereocenters. The van der Waals surface area contributed by atoms with E-state index in [1.54, 1.807) is 18.2 Å². The number of nitrogens with one attached hydrogen (secondary N) is 2. The van der Waals surface area contributed by atoms with E-state index in [0.29, 0.717) is 17.8 Å². The van der Waals surface area contributed by atoms with Gasteiger partial charge in [-0.05, 0) is 35.7 Å². The summed E-state index contributed by atoms with van der Waals surface area (Å²) in [5, 5.41) is 7.80. The summed E-state index contributed by atoms with van der Waals surface area (Å²) in [5.74, 6) is 0.483. The predicted octanol–water partition coefficient (Wildman–Crippen LogP) is 1.54. The van der Waals surface area contributed by atoms with Gasteiger partial charge in [-0.2, -0.15) is 8.42 Å². The zero-order valence-electron chi connectivity index (χ0n) is 11.9. The van der Waals surface area contributed by atoms with Gasteiger partial charge in [0.15, 0.2) is 5.84 Å². The highest BCUT2D eigenvalue weighted by Crippen LogP contribution is 2.21. The van der Waals surface area contributed by atoms with Crippen LogP contribution in [0.15, 0.2) is 47.5 Å². The summed E-state index contributed by atoms with van der Waals surface area (Å²) in [6.45, 7) is 0. The molecule has 5 N–H and O–H groups in total. The molecule has 23 heavy (non-hydrogen) atoms. The monoisotopic (exact) mass is 330 g/mol. The van der Waals surface area contributed by atoms with Crippen LogP contribution in [0.4, 0.5) is 5.69 Å². The summed E-state index contributed by atoms with van der Waals surface area (Å²) >= 11 is 0. The van der Waals surface area contributed by atoms with E-state index in [2.05, 4.69) is 4.99 Å². The van der Waals surface area contributed by atoms with E-state index in [4.69, 9.17) is 15.7 Å². The van der Waals surface area contributed by atoms with E-state index < -0.39 is 10.3 Å². The average molecular weight is 330 g/mol. The van der Waals surface area contributed by atoms with Crippen LogP contribution in [0.5, 0.6) is 0 Å². The van der Waals surface area contributed by atoms with Gasteiger partial charge in [0.05, 0.1) is 5.69 Å². The third kappa shape index (κ3) is 3.38. The third-order valence-corrected chi connectivity index (χ3v) is 3.92. The van der Waals surface area contributed by atoms with Crippen molar-refractivity contribution < 1.29 is 13.0 Å². The van der Waals surface area contributed by atoms with Gasteiger partial charge in [-0.3, -0.25) is 14.7 Å². The fraction of sp³-hybridized carbons (Fsp3) is 0.0667. The van der Waals surface area contributed by atoms with Crippen molar-refractivity contribution in [1.29, 1.82) is 5.41 Å². The Kier molecular flexibility index (Phi) is 3.63. The van der Waals surface area contributed by atoms with Gasteiger partial charge in [0.1, 0.15) is 5.84 Å². The molecule has 0 aliphatic carbocycles. The number of anilines is 1. The molecule has 2 aromatic carbocycles. The van der Waals surface area contributed by atoms with Crippen LogP contribution in [0, 0.1) is 5.41 Å². The van der Waals surface area contributed by atoms with E-state index in [0.717, 1.165) is 16.7 Å². The number of aliphatic imine (C=N–C) groups is 1. The SMILES string of the molecule is N=C1N=C(N)c2ccc(Cc3cccc(NS(=O)(=O)O)c3)cc21. The summed E-state index contributed by atoms with van der Waals surface area (Å²) < 4.78 is 32.6. The average Bonchev–Trinajstić information content (AvgIpc) is 2.72. The van der Waals surface area contributed by atoms with Gasteiger partial charge in [0, 0.05) is 11.1 Å². The number of amidine groups is 2. The van der Waals surface area contributed by atoms with Crippen molar-refractivity contribution in [2.75, 3.05) is 4.72 Å². The lowest BCUT2D eigenvalue weighted by atomic mass is 9.99. The first-order valence-electron chi connectivity index (χ1n) is 6.72. The minimum absolute atomic E-state index is 0.140.